The zero-order valence-corrected chi connectivity index (χ0v) is 12.8. The number of carbonyl (C=O) groups excluding carboxylic acids is 2. The summed E-state index contributed by atoms with van der Waals surface area (Å²) in [6.45, 7) is 0.737. The van der Waals surface area contributed by atoms with E-state index in [9.17, 15) is 14.0 Å². The van der Waals surface area contributed by atoms with Crippen molar-refractivity contribution >= 4 is 40.6 Å². The molecule has 2 amide bonds. The van der Waals surface area contributed by atoms with Gasteiger partial charge in [-0.2, -0.15) is 0 Å². The molecule has 7 heteroatoms. The van der Waals surface area contributed by atoms with Crippen molar-refractivity contribution in [1.82, 2.24) is 4.90 Å². The number of imide groups is 1. The van der Waals surface area contributed by atoms with Crippen LogP contribution in [0.4, 0.5) is 9.18 Å². The van der Waals surface area contributed by atoms with Gasteiger partial charge in [-0.05, 0) is 36.4 Å². The number of benzene rings is 1. The van der Waals surface area contributed by atoms with Crippen LogP contribution < -0.4 is 0 Å². The fourth-order valence-corrected chi connectivity index (χ4v) is 2.90. The lowest BCUT2D eigenvalue weighted by Gasteiger charge is -2.11. The Kier molecular flexibility index (Phi) is 5.39. The first-order valence-electron chi connectivity index (χ1n) is 6.23. The minimum atomic E-state index is -0.534. The number of halogens is 2. The van der Waals surface area contributed by atoms with Gasteiger partial charge in [0.25, 0.3) is 11.1 Å². The maximum absolute atomic E-state index is 13.7. The van der Waals surface area contributed by atoms with Gasteiger partial charge in [-0.15, -0.1) is 0 Å². The highest BCUT2D eigenvalue weighted by Gasteiger charge is 2.34. The van der Waals surface area contributed by atoms with Gasteiger partial charge in [-0.1, -0.05) is 17.7 Å². The summed E-state index contributed by atoms with van der Waals surface area (Å²) in [5.74, 6) is -0.964. The molecule has 1 aliphatic heterocycles. The Morgan fingerprint density at radius 1 is 1.43 bits per heavy atom. The van der Waals surface area contributed by atoms with Crippen molar-refractivity contribution in [3.63, 3.8) is 0 Å². The fraction of sp³-hybridized carbons (Fsp3) is 0.286. The van der Waals surface area contributed by atoms with Gasteiger partial charge in [0.1, 0.15) is 5.82 Å². The zero-order valence-electron chi connectivity index (χ0n) is 11.3. The SMILES string of the molecule is COCCCN1C(=O)S/C(=C/c2c(F)cccc2Cl)C1=O. The number of hydrogen-bond acceptors (Lipinski definition) is 4. The number of thioether (sulfide) groups is 1. The highest BCUT2D eigenvalue weighted by atomic mass is 35.5. The van der Waals surface area contributed by atoms with Gasteiger partial charge >= 0.3 is 0 Å². The van der Waals surface area contributed by atoms with Crippen LogP contribution in [0.1, 0.15) is 12.0 Å². The molecule has 0 N–H and O–H groups in total. The molecule has 2 rings (SSSR count). The average molecular weight is 330 g/mol. The van der Waals surface area contributed by atoms with Crippen molar-refractivity contribution in [2.45, 2.75) is 6.42 Å². The molecule has 0 atom stereocenters. The molecule has 1 heterocycles. The fourth-order valence-electron chi connectivity index (χ4n) is 1.84. The van der Waals surface area contributed by atoms with E-state index in [0.29, 0.717) is 13.0 Å². The second kappa shape index (κ2) is 7.06. The molecule has 1 saturated heterocycles. The van der Waals surface area contributed by atoms with E-state index in [1.54, 1.807) is 7.11 Å². The number of amides is 2. The van der Waals surface area contributed by atoms with Crippen LogP contribution in [0, 0.1) is 5.82 Å². The van der Waals surface area contributed by atoms with Crippen LogP contribution in [-0.2, 0) is 9.53 Å². The molecule has 1 fully saturated rings. The summed E-state index contributed by atoms with van der Waals surface area (Å²) in [5, 5.41) is -0.170. The Morgan fingerprint density at radius 2 is 2.19 bits per heavy atom. The first-order chi connectivity index (χ1) is 10.0. The Morgan fingerprint density at radius 3 is 2.86 bits per heavy atom. The maximum Gasteiger partial charge on any atom is 0.293 e. The molecule has 0 saturated carbocycles. The number of rotatable bonds is 5. The van der Waals surface area contributed by atoms with Crippen molar-refractivity contribution in [2.75, 3.05) is 20.3 Å². The molecule has 4 nitrogen and oxygen atoms in total. The van der Waals surface area contributed by atoms with E-state index < -0.39 is 11.7 Å². The minimum Gasteiger partial charge on any atom is -0.385 e. The van der Waals surface area contributed by atoms with Crippen LogP contribution in [0.5, 0.6) is 0 Å². The van der Waals surface area contributed by atoms with Gasteiger partial charge in [0.2, 0.25) is 0 Å². The van der Waals surface area contributed by atoms with Crippen molar-refractivity contribution in [2.24, 2.45) is 0 Å². The summed E-state index contributed by atoms with van der Waals surface area (Å²) in [7, 11) is 1.55. The number of methoxy groups -OCH3 is 1. The predicted molar refractivity (Wildman–Crippen MR) is 80.6 cm³/mol. The van der Waals surface area contributed by atoms with Gasteiger partial charge in [0.15, 0.2) is 0 Å². The molecule has 0 radical (unpaired) electrons. The number of hydrogen-bond donors (Lipinski definition) is 0. The quantitative estimate of drug-likeness (QED) is 0.612. The van der Waals surface area contributed by atoms with Gasteiger partial charge in [0.05, 0.1) is 9.93 Å². The summed E-state index contributed by atoms with van der Waals surface area (Å²) < 4.78 is 18.6. The van der Waals surface area contributed by atoms with E-state index in [0.717, 1.165) is 16.7 Å². The van der Waals surface area contributed by atoms with Crippen LogP contribution in [0.3, 0.4) is 0 Å². The van der Waals surface area contributed by atoms with Crippen LogP contribution in [0.15, 0.2) is 23.1 Å². The van der Waals surface area contributed by atoms with Gasteiger partial charge in [0, 0.05) is 25.8 Å². The molecule has 21 heavy (non-hydrogen) atoms. The lowest BCUT2D eigenvalue weighted by atomic mass is 10.2. The predicted octanol–water partition coefficient (Wildman–Crippen LogP) is 3.55. The molecule has 0 aliphatic carbocycles. The van der Waals surface area contributed by atoms with E-state index in [1.165, 1.54) is 24.3 Å². The molecule has 0 unspecified atom stereocenters. The molecule has 1 aliphatic rings. The Bertz CT molecular complexity index is 586. The lowest BCUT2D eigenvalue weighted by Crippen LogP contribution is -2.29. The zero-order chi connectivity index (χ0) is 15.4. The molecule has 1 aromatic rings. The highest BCUT2D eigenvalue weighted by Crippen LogP contribution is 2.34. The Labute approximate surface area is 130 Å². The van der Waals surface area contributed by atoms with E-state index in [1.807, 2.05) is 0 Å². The molecule has 0 spiro atoms. The minimum absolute atomic E-state index is 0.113. The molecule has 0 aromatic heterocycles. The lowest BCUT2D eigenvalue weighted by molar-refractivity contribution is -0.122. The van der Waals surface area contributed by atoms with Crippen LogP contribution in [0.25, 0.3) is 6.08 Å². The average Bonchev–Trinajstić information content (AvgIpc) is 2.70. The van der Waals surface area contributed by atoms with Crippen LogP contribution in [0.2, 0.25) is 5.02 Å². The second-order valence-electron chi connectivity index (χ2n) is 4.32. The van der Waals surface area contributed by atoms with Gasteiger partial charge < -0.3 is 4.74 Å². The van der Waals surface area contributed by atoms with E-state index >= 15 is 0 Å². The summed E-state index contributed by atoms with van der Waals surface area (Å²) in [5.41, 5.74) is 0.113. The highest BCUT2D eigenvalue weighted by molar-refractivity contribution is 8.18. The Hall–Kier alpha value is -1.37. The number of nitrogens with zero attached hydrogens (tertiary/aromatic N) is 1. The third-order valence-corrected chi connectivity index (χ3v) is 4.12. The normalized spacial score (nSPS) is 17.1. The van der Waals surface area contributed by atoms with Gasteiger partial charge in [-0.3, -0.25) is 14.5 Å². The Balaban J connectivity index is 2.20. The summed E-state index contributed by atoms with van der Waals surface area (Å²) in [6.07, 6.45) is 1.88. The van der Waals surface area contributed by atoms with E-state index in [2.05, 4.69) is 0 Å². The topological polar surface area (TPSA) is 46.6 Å². The number of carbonyl (C=O) groups is 2. The van der Waals surface area contributed by atoms with Crippen molar-refractivity contribution in [1.29, 1.82) is 0 Å². The summed E-state index contributed by atoms with van der Waals surface area (Å²) in [4.78, 5) is 25.3. The van der Waals surface area contributed by atoms with Crippen molar-refractivity contribution in [3.8, 4) is 0 Å². The molecular weight excluding hydrogens is 317 g/mol. The van der Waals surface area contributed by atoms with Crippen molar-refractivity contribution < 1.29 is 18.7 Å². The molecule has 112 valence electrons. The molecule has 0 bridgehead atoms. The third-order valence-electron chi connectivity index (χ3n) is 2.88. The van der Waals surface area contributed by atoms with Gasteiger partial charge in [-0.25, -0.2) is 4.39 Å². The smallest absolute Gasteiger partial charge is 0.293 e. The largest absolute Gasteiger partial charge is 0.385 e. The number of ether oxygens (including phenoxy) is 1. The third kappa shape index (κ3) is 3.64. The standard InChI is InChI=1S/C14H13ClFNO3S/c1-20-7-3-6-17-13(18)12(21-14(17)19)8-9-10(15)4-2-5-11(9)16/h2,4-5,8H,3,6-7H2,1H3/b12-8+. The maximum atomic E-state index is 13.7. The summed E-state index contributed by atoms with van der Waals surface area (Å²) in [6, 6.07) is 4.26. The van der Waals surface area contributed by atoms with Crippen molar-refractivity contribution in [3.05, 3.63) is 39.5 Å². The first-order valence-corrected chi connectivity index (χ1v) is 7.42. The first kappa shape index (κ1) is 16.0. The van der Waals surface area contributed by atoms with Crippen LogP contribution in [-0.4, -0.2) is 36.3 Å². The second-order valence-corrected chi connectivity index (χ2v) is 5.72. The van der Waals surface area contributed by atoms with E-state index in [-0.39, 0.29) is 27.3 Å². The molecule has 1 aromatic carbocycles. The van der Waals surface area contributed by atoms with Crippen LogP contribution >= 0.6 is 23.4 Å². The monoisotopic (exact) mass is 329 g/mol. The van der Waals surface area contributed by atoms with E-state index in [4.69, 9.17) is 16.3 Å². The molecular formula is C14H13ClFNO3S. The summed E-state index contributed by atoms with van der Waals surface area (Å²) >= 11 is 6.70.